The molecule has 0 spiro atoms. The molecule has 0 aliphatic carbocycles. The molecule has 3 aromatic rings. The van der Waals surface area contributed by atoms with Crippen LogP contribution in [0.1, 0.15) is 18.5 Å². The molecule has 2 aromatic carbocycles. The molecular weight excluding hydrogens is 434 g/mol. The molecule has 33 heavy (non-hydrogen) atoms. The zero-order valence-corrected chi connectivity index (χ0v) is 19.2. The van der Waals surface area contributed by atoms with Gasteiger partial charge in [-0.15, -0.1) is 0 Å². The highest BCUT2D eigenvalue weighted by Crippen LogP contribution is 2.35. The van der Waals surface area contributed by atoms with Crippen molar-refractivity contribution >= 4 is 34.6 Å². The summed E-state index contributed by atoms with van der Waals surface area (Å²) in [6.45, 7) is 1.28. The van der Waals surface area contributed by atoms with Crippen LogP contribution in [0.5, 0.6) is 5.75 Å². The number of thioether (sulfide) groups is 1. The van der Waals surface area contributed by atoms with Crippen molar-refractivity contribution in [1.29, 1.82) is 0 Å². The maximum absolute atomic E-state index is 13.4. The number of methoxy groups -OCH3 is 1. The number of hydrogen-bond donors (Lipinski definition) is 0. The van der Waals surface area contributed by atoms with E-state index < -0.39 is 0 Å². The lowest BCUT2D eigenvalue weighted by atomic mass is 10.2. The third-order valence-electron chi connectivity index (χ3n) is 5.69. The smallest absolute Gasteiger partial charge is 0.266 e. The predicted octanol–water partition coefficient (Wildman–Crippen LogP) is 5.27. The Morgan fingerprint density at radius 2 is 1.94 bits per heavy atom. The number of amidine groups is 1. The van der Waals surface area contributed by atoms with Crippen molar-refractivity contribution in [3.63, 3.8) is 0 Å². The summed E-state index contributed by atoms with van der Waals surface area (Å²) in [5.74, 6) is 0.770. The third-order valence-corrected chi connectivity index (χ3v) is 6.70. The molecule has 1 atom stereocenters. The van der Waals surface area contributed by atoms with Gasteiger partial charge in [0.15, 0.2) is 5.17 Å². The van der Waals surface area contributed by atoms with E-state index in [2.05, 4.69) is 4.57 Å². The topological polar surface area (TPSA) is 56.1 Å². The van der Waals surface area contributed by atoms with E-state index in [4.69, 9.17) is 14.5 Å². The molecule has 0 bridgehead atoms. The van der Waals surface area contributed by atoms with E-state index in [9.17, 15) is 4.79 Å². The van der Waals surface area contributed by atoms with Crippen molar-refractivity contribution < 1.29 is 14.3 Å². The maximum Gasteiger partial charge on any atom is 0.266 e. The van der Waals surface area contributed by atoms with Gasteiger partial charge in [-0.25, -0.2) is 4.99 Å². The van der Waals surface area contributed by atoms with Crippen LogP contribution in [-0.4, -0.2) is 46.9 Å². The molecule has 7 heteroatoms. The Bertz CT molecular complexity index is 1180. The van der Waals surface area contributed by atoms with Gasteiger partial charge in [-0.05, 0) is 79.2 Å². The number of hydrogen-bond acceptors (Lipinski definition) is 5. The molecule has 0 saturated carbocycles. The zero-order valence-electron chi connectivity index (χ0n) is 18.4. The molecular formula is C26H25N3O3S. The standard InChI is InChI=1S/C26H25N3O3S/c1-31-22-13-11-20(12-14-22)28-15-5-9-21(28)17-24-25(30)29(18-23-10-6-16-32-23)26(33-24)27-19-7-3-2-4-8-19/h2-5,7-9,11-15,17,23H,6,10,16,18H2,1H3/b24-17-,27-26?/t23-/m0/s1. The van der Waals surface area contributed by atoms with Crippen molar-refractivity contribution in [2.75, 3.05) is 20.3 Å². The number of ether oxygens (including phenoxy) is 2. The van der Waals surface area contributed by atoms with Crippen LogP contribution >= 0.6 is 11.8 Å². The number of aliphatic imine (C=N–C) groups is 1. The van der Waals surface area contributed by atoms with E-state index in [0.29, 0.717) is 16.6 Å². The second-order valence-corrected chi connectivity index (χ2v) is 8.90. The Morgan fingerprint density at radius 3 is 2.67 bits per heavy atom. The molecule has 0 unspecified atom stereocenters. The maximum atomic E-state index is 13.4. The molecule has 3 heterocycles. The summed E-state index contributed by atoms with van der Waals surface area (Å²) in [5, 5.41) is 0.690. The van der Waals surface area contributed by atoms with Gasteiger partial charge in [-0.3, -0.25) is 9.69 Å². The van der Waals surface area contributed by atoms with Gasteiger partial charge < -0.3 is 14.0 Å². The van der Waals surface area contributed by atoms with Crippen molar-refractivity contribution in [3.8, 4) is 11.4 Å². The normalized spacial score (nSPS) is 20.8. The Labute approximate surface area is 197 Å². The highest BCUT2D eigenvalue weighted by Gasteiger charge is 2.36. The van der Waals surface area contributed by atoms with Crippen molar-refractivity contribution in [1.82, 2.24) is 9.47 Å². The second-order valence-electron chi connectivity index (χ2n) is 7.89. The summed E-state index contributed by atoms with van der Waals surface area (Å²) < 4.78 is 13.1. The average Bonchev–Trinajstić information content (AvgIpc) is 3.59. The fraction of sp³-hybridized carbons (Fsp3) is 0.231. The fourth-order valence-electron chi connectivity index (χ4n) is 3.98. The number of nitrogens with zero attached hydrogens (tertiary/aromatic N) is 3. The number of para-hydroxylation sites is 1. The van der Waals surface area contributed by atoms with Gasteiger partial charge in [0.1, 0.15) is 5.75 Å². The van der Waals surface area contributed by atoms with Gasteiger partial charge in [0.05, 0.1) is 30.4 Å². The molecule has 0 N–H and O–H groups in total. The largest absolute Gasteiger partial charge is 0.497 e. The summed E-state index contributed by atoms with van der Waals surface area (Å²) in [6.07, 6.45) is 5.97. The van der Waals surface area contributed by atoms with Crippen molar-refractivity contribution in [2.45, 2.75) is 18.9 Å². The average molecular weight is 460 g/mol. The predicted molar refractivity (Wildman–Crippen MR) is 132 cm³/mol. The lowest BCUT2D eigenvalue weighted by molar-refractivity contribution is -0.123. The van der Waals surface area contributed by atoms with Gasteiger partial charge in [0.2, 0.25) is 0 Å². The number of carbonyl (C=O) groups excluding carboxylic acids is 1. The zero-order chi connectivity index (χ0) is 22.6. The number of amides is 1. The van der Waals surface area contributed by atoms with E-state index in [1.165, 1.54) is 11.8 Å². The Kier molecular flexibility index (Phi) is 6.32. The number of rotatable bonds is 6. The minimum Gasteiger partial charge on any atom is -0.497 e. The fourth-order valence-corrected chi connectivity index (χ4v) is 4.97. The van der Waals surface area contributed by atoms with Crippen LogP contribution in [0.4, 0.5) is 5.69 Å². The van der Waals surface area contributed by atoms with Gasteiger partial charge in [0, 0.05) is 24.2 Å². The molecule has 5 rings (SSSR count). The Balaban J connectivity index is 1.46. The van der Waals surface area contributed by atoms with Gasteiger partial charge >= 0.3 is 0 Å². The molecule has 6 nitrogen and oxygen atoms in total. The first-order chi connectivity index (χ1) is 16.2. The monoisotopic (exact) mass is 459 g/mol. The number of benzene rings is 2. The van der Waals surface area contributed by atoms with Crippen LogP contribution in [0.25, 0.3) is 11.8 Å². The van der Waals surface area contributed by atoms with Gasteiger partial charge in [-0.2, -0.15) is 0 Å². The highest BCUT2D eigenvalue weighted by molar-refractivity contribution is 8.18. The van der Waals surface area contributed by atoms with E-state index in [-0.39, 0.29) is 12.0 Å². The minimum atomic E-state index is -0.0346. The lowest BCUT2D eigenvalue weighted by Gasteiger charge is -2.19. The minimum absolute atomic E-state index is 0.0346. The summed E-state index contributed by atoms with van der Waals surface area (Å²) in [4.78, 5) is 20.6. The third kappa shape index (κ3) is 4.74. The molecule has 2 aliphatic rings. The molecule has 0 radical (unpaired) electrons. The molecule has 1 aromatic heterocycles. The highest BCUT2D eigenvalue weighted by atomic mass is 32.2. The SMILES string of the molecule is COc1ccc(-n2cccc2/C=C2\SC(=Nc3ccccc3)N(C[C@@H]3CCCO3)C2=O)cc1. The molecule has 1 amide bonds. The van der Waals surface area contributed by atoms with Crippen LogP contribution in [-0.2, 0) is 9.53 Å². The summed E-state index contributed by atoms with van der Waals surface area (Å²) in [5.41, 5.74) is 2.75. The van der Waals surface area contributed by atoms with E-state index in [0.717, 1.165) is 42.3 Å². The molecule has 168 valence electrons. The first kappa shape index (κ1) is 21.6. The van der Waals surface area contributed by atoms with E-state index in [1.54, 1.807) is 12.0 Å². The second kappa shape index (κ2) is 9.68. The lowest BCUT2D eigenvalue weighted by Crippen LogP contribution is -2.36. The summed E-state index contributed by atoms with van der Waals surface area (Å²) in [6, 6.07) is 21.6. The number of aromatic nitrogens is 1. The molecule has 2 fully saturated rings. The van der Waals surface area contributed by atoms with E-state index in [1.807, 2.05) is 79.0 Å². The van der Waals surface area contributed by atoms with Crippen LogP contribution < -0.4 is 4.74 Å². The first-order valence-electron chi connectivity index (χ1n) is 11.0. The molecule has 2 aliphatic heterocycles. The first-order valence-corrected chi connectivity index (χ1v) is 11.8. The Morgan fingerprint density at radius 1 is 1.12 bits per heavy atom. The molecule has 2 saturated heterocycles. The number of carbonyl (C=O) groups is 1. The Hall–Kier alpha value is -3.29. The van der Waals surface area contributed by atoms with Crippen LogP contribution in [0, 0.1) is 0 Å². The van der Waals surface area contributed by atoms with Crippen molar-refractivity contribution in [3.05, 3.63) is 83.5 Å². The van der Waals surface area contributed by atoms with Gasteiger partial charge in [-0.1, -0.05) is 18.2 Å². The van der Waals surface area contributed by atoms with Crippen LogP contribution in [0.3, 0.4) is 0 Å². The quantitative estimate of drug-likeness (QED) is 0.471. The van der Waals surface area contributed by atoms with Crippen LogP contribution in [0.15, 0.2) is 82.8 Å². The van der Waals surface area contributed by atoms with Crippen molar-refractivity contribution in [2.24, 2.45) is 4.99 Å². The summed E-state index contributed by atoms with van der Waals surface area (Å²) >= 11 is 1.41. The summed E-state index contributed by atoms with van der Waals surface area (Å²) in [7, 11) is 1.65. The van der Waals surface area contributed by atoms with E-state index >= 15 is 0 Å². The van der Waals surface area contributed by atoms with Crippen LogP contribution in [0.2, 0.25) is 0 Å². The van der Waals surface area contributed by atoms with Gasteiger partial charge in [0.25, 0.3) is 5.91 Å².